The number of thiophene rings is 4. The van der Waals surface area contributed by atoms with E-state index < -0.39 is 81.7 Å². The number of nitrogens with two attached hydrogens (primary N) is 1. The lowest BCUT2D eigenvalue weighted by molar-refractivity contribution is -0.384. The van der Waals surface area contributed by atoms with E-state index >= 15 is 0 Å². The Kier molecular flexibility index (Phi) is 29.3. The second-order valence-corrected chi connectivity index (χ2v) is 33.1. The number of nitro groups is 3. The average molecular weight is 2090 g/mol. The SMILES string of the molecule is BrBr.Cc1cc2c(s1)Nc1ccccc1N=C2N1CCN(C)CC1.Cc1sc2c(c1Br)C(N1CCN(C)CC1)=Nc1cc(Br)c(Br)cc1N2.N#CCC#N.[2H]C(=O)C([2H])([2H])C([2H])([2H])[2H].[2H]c1c(C([2H])([2H])[2H])sc(N)c1[N+]#[C-].[2H]c1c([2H])c([2H])c([N+](=O)[O-])c(Cl)c1[2H].[2H]c1cc([2H])c(Cl)c([N+](=O)[O-])c1.[2H]c1cc2c(cc1[2H])NC(N1CCN(C)CC1)=c1c([2H])c(C)sc1=N2.[2H]c1ccc(Cl)c([N+](=O)[O-])c1. The van der Waals surface area contributed by atoms with Gasteiger partial charge in [0.2, 0.25) is 5.69 Å². The number of halogens is 8. The Balaban J connectivity index is 0.000000219. The molecule has 0 amide bonds. The van der Waals surface area contributed by atoms with Crippen molar-refractivity contribution in [1.29, 1.82) is 10.5 Å². The second kappa shape index (κ2) is 49.2. The molecule has 3 fully saturated rings. The van der Waals surface area contributed by atoms with Crippen LogP contribution in [0.15, 0.2) is 180 Å². The number of aldehydes is 1. The van der Waals surface area contributed by atoms with Crippen molar-refractivity contribution < 1.29 is 47.0 Å². The Labute approximate surface area is 790 Å². The molecule has 16 rings (SSSR count). The number of nitrogens with zero attached hydrogens (tertiary/aromatic N) is 15. The monoisotopic (exact) mass is 2080 g/mol. The van der Waals surface area contributed by atoms with Crippen LogP contribution in [0.1, 0.15) is 77.7 Å². The van der Waals surface area contributed by atoms with Gasteiger partial charge < -0.3 is 55.9 Å². The molecule has 4 aromatic heterocycles. The van der Waals surface area contributed by atoms with Crippen molar-refractivity contribution in [3.05, 3.63) is 262 Å². The molecule has 0 unspecified atom stereocenters. The summed E-state index contributed by atoms with van der Waals surface area (Å²) >= 11 is 38.7. The topological polar surface area (TPSA) is 317 Å². The predicted octanol–water partition coefficient (Wildman–Crippen LogP) is 22.6. The van der Waals surface area contributed by atoms with E-state index in [9.17, 15) is 35.1 Å². The van der Waals surface area contributed by atoms with Gasteiger partial charge >= 0.3 is 0 Å². The van der Waals surface area contributed by atoms with Gasteiger partial charge in [0.15, 0.2) is 0 Å². The summed E-state index contributed by atoms with van der Waals surface area (Å²) in [4.78, 5) is 74.1. The number of fused-ring (bicyclic) bond motifs is 6. The van der Waals surface area contributed by atoms with E-state index in [0.29, 0.717) is 11.7 Å². The zero-order valence-electron chi connectivity index (χ0n) is 83.6. The Morgan fingerprint density at radius 1 is 0.613 bits per heavy atom. The number of likely N-dealkylation sites (N-methyl/N-ethyl adjacent to an activating group) is 3. The molecule has 6 aliphatic heterocycles. The number of piperazine rings is 3. The maximum Gasteiger partial charge on any atom is 0.287 e. The van der Waals surface area contributed by atoms with Crippen LogP contribution in [0.25, 0.3) is 10.7 Å². The van der Waals surface area contributed by atoms with Gasteiger partial charge in [-0.2, -0.15) is 10.5 Å². The third-order valence-corrected chi connectivity index (χ3v) is 24.2. The Morgan fingerprint density at radius 2 is 1.17 bits per heavy atom. The molecule has 6 aromatic carbocycles. The average Bonchev–Trinajstić information content (AvgIpc) is 1.61. The maximum atomic E-state index is 10.4. The van der Waals surface area contributed by atoms with Crippen molar-refractivity contribution in [2.45, 2.75) is 47.3 Å². The minimum atomic E-state index is -3.04. The van der Waals surface area contributed by atoms with Gasteiger partial charge in [-0.25, -0.2) is 19.8 Å². The molecule has 0 bridgehead atoms. The Morgan fingerprint density at radius 3 is 1.75 bits per heavy atom. The molecular weight excluding hydrogens is 1990 g/mol. The van der Waals surface area contributed by atoms with E-state index in [1.165, 1.54) is 49.4 Å². The number of carbonyl (C=O) groups is 1. The van der Waals surface area contributed by atoms with Crippen molar-refractivity contribution in [2.24, 2.45) is 15.0 Å². The van der Waals surface area contributed by atoms with E-state index in [-0.39, 0.29) is 74.0 Å². The first-order chi connectivity index (χ1) is 65.1. The van der Waals surface area contributed by atoms with Gasteiger partial charge in [0, 0.05) is 170 Å². The fourth-order valence-electron chi connectivity index (χ4n) is 10.8. The number of hydrogen-bond acceptors (Lipinski definition) is 26. The quantitative estimate of drug-likeness (QED) is 0.0538. The summed E-state index contributed by atoms with van der Waals surface area (Å²) in [5.41, 5.74) is 11.8. The molecular formula is C81H83Br5Cl3N19O7S4. The lowest BCUT2D eigenvalue weighted by atomic mass is 10.2. The lowest BCUT2D eigenvalue weighted by Gasteiger charge is -2.35. The van der Waals surface area contributed by atoms with Gasteiger partial charge in [0.25, 0.3) is 17.1 Å². The molecule has 6 aliphatic rings. The maximum absolute atomic E-state index is 10.4. The largest absolute Gasteiger partial charge is 0.399 e. The fraction of sp³-hybridized carbons (Fsp3) is 0.272. The molecule has 10 aromatic rings. The second-order valence-electron chi connectivity index (χ2n) is 24.7. The van der Waals surface area contributed by atoms with Gasteiger partial charge in [-0.05, 0) is 174 Å². The molecule has 0 saturated carbocycles. The number of benzene rings is 6. The molecule has 624 valence electrons. The molecule has 26 nitrogen and oxygen atoms in total. The fourth-order valence-corrected chi connectivity index (χ4v) is 16.1. The normalized spacial score (nSPS) is 16.6. The number of hydrogen-bond donors (Lipinski definition) is 4. The van der Waals surface area contributed by atoms with E-state index in [4.69, 9.17) is 100 Å². The first-order valence-corrected chi connectivity index (χ1v) is 45.0. The summed E-state index contributed by atoms with van der Waals surface area (Å²) in [7, 11) is 6.47. The van der Waals surface area contributed by atoms with Crippen LogP contribution < -0.4 is 31.6 Å². The highest BCUT2D eigenvalue weighted by Crippen LogP contribution is 2.47. The Hall–Kier alpha value is -8.78. The Bertz CT molecular complexity index is 6550. The number of anilines is 6. The van der Waals surface area contributed by atoms with Crippen molar-refractivity contribution in [3.8, 4) is 12.1 Å². The van der Waals surface area contributed by atoms with Crippen LogP contribution in [0.2, 0.25) is 15.1 Å². The minimum Gasteiger partial charge on any atom is -0.399 e. The smallest absolute Gasteiger partial charge is 0.287 e. The van der Waals surface area contributed by atoms with Crippen LogP contribution >= 0.6 is 156 Å². The number of para-hydroxylation sites is 7. The molecule has 0 aliphatic carbocycles. The number of aryl methyl sites for hydroxylation is 4. The van der Waals surface area contributed by atoms with Gasteiger partial charge in [0.05, 0.1) is 104 Å². The summed E-state index contributed by atoms with van der Waals surface area (Å²) in [6.45, 7) is 19.6. The first-order valence-electron chi connectivity index (χ1n) is 44.5. The molecule has 119 heavy (non-hydrogen) atoms. The summed E-state index contributed by atoms with van der Waals surface area (Å²) in [5.74, 6) is 3.07. The predicted molar refractivity (Wildman–Crippen MR) is 507 cm³/mol. The summed E-state index contributed by atoms with van der Waals surface area (Å²) in [6, 6.07) is 25.1. The first kappa shape index (κ1) is 70.9. The van der Waals surface area contributed by atoms with Crippen molar-refractivity contribution in [2.75, 3.05) is 121 Å². The number of aliphatic imine (C=N–C) groups is 2. The van der Waals surface area contributed by atoms with Crippen LogP contribution in [0.5, 0.6) is 0 Å². The number of nitriles is 2. The number of carbonyl (C=O) groups excluding carboxylic acids is 1. The van der Waals surface area contributed by atoms with E-state index in [0.717, 1.165) is 187 Å². The molecule has 3 saturated heterocycles. The number of rotatable bonds is 5. The van der Waals surface area contributed by atoms with Crippen LogP contribution in [0, 0.1) is 87.2 Å². The van der Waals surface area contributed by atoms with Crippen LogP contribution in [-0.2, 0) is 4.79 Å². The molecule has 0 atom stereocenters. The van der Waals surface area contributed by atoms with Crippen LogP contribution in [0.3, 0.4) is 0 Å². The highest BCUT2D eigenvalue weighted by atomic mass is 80.9. The standard InChI is InChI=1S/C17H17Br3N4S.2C17H20N4S.3C6H4ClNO2.C6H6N2S.C3H2N2.C3H6O.Br2/c1-9-15(20)14-16(24-5-3-23(2)4-6-24)21-12-7-10(18)11(19)8-13(12)22-17(14)25-9;2*1-12-11-13-16(21-9-7-20(2)8-10-21)18-14-5-3-4-6-15(14)19-17(13)22-12;3*7-5-3-1-2-4-6(5)8(9)10;1-4-3-5(8-2)6(7)9-4;4-2-1-3-5;1-2-3-4;1-2/h7-8,22H,3-6H2,1-2H3;3-6,11,19H,7-10H2,1-2H3;3-6,11,18H,7-10H2,1-2H3;3*1-4H;3H,7H2,1H3;1H2;3H,2H2,1H3;/i;;3D,4D,11D;1D,2D,3D,4D;2D,3D;2D;1D3,3D;;1D3,2D2,3D;. The van der Waals surface area contributed by atoms with Crippen molar-refractivity contribution in [3.63, 3.8) is 0 Å². The molecule has 0 radical (unpaired) electrons. The van der Waals surface area contributed by atoms with E-state index in [2.05, 4.69) is 204 Å². The number of nitrogens with one attached hydrogen (secondary N) is 3. The third kappa shape index (κ3) is 28.7. The number of nitrogen functional groups attached to an aromatic ring is 1. The molecule has 38 heteroatoms. The third-order valence-electron chi connectivity index (χ3n) is 16.6. The van der Waals surface area contributed by atoms with E-state index in [1.807, 2.05) is 6.92 Å². The zero-order valence-corrected chi connectivity index (χ0v) is 77.0. The van der Waals surface area contributed by atoms with Crippen molar-refractivity contribution >= 4 is 252 Å². The molecule has 10 heterocycles. The molecule has 5 N–H and O–H groups in total. The summed E-state index contributed by atoms with van der Waals surface area (Å²) in [5, 5.41) is 59.3. The highest BCUT2D eigenvalue weighted by Gasteiger charge is 2.30. The summed E-state index contributed by atoms with van der Waals surface area (Å²) < 4.78 is 146. The molecule has 0 spiro atoms. The van der Waals surface area contributed by atoms with Gasteiger partial charge in [-0.3, -0.25) is 30.3 Å². The van der Waals surface area contributed by atoms with Gasteiger partial charge in [-0.15, -0.1) is 45.3 Å². The highest BCUT2D eigenvalue weighted by molar-refractivity contribution is 9.93. The van der Waals surface area contributed by atoms with E-state index in [1.54, 1.807) is 46.9 Å². The number of nitro benzene ring substituents is 3. The van der Waals surface area contributed by atoms with Gasteiger partial charge in [-0.1, -0.05) is 102 Å². The van der Waals surface area contributed by atoms with Crippen LogP contribution in [-0.4, -0.2) is 162 Å². The van der Waals surface area contributed by atoms with Crippen LogP contribution in [0.4, 0.5) is 71.9 Å². The summed E-state index contributed by atoms with van der Waals surface area (Å²) in [6.07, 6.45) is -4.75. The zero-order chi connectivity index (χ0) is 104. The minimum absolute atomic E-state index is 0. The van der Waals surface area contributed by atoms with Crippen molar-refractivity contribution in [1.82, 2.24) is 29.4 Å². The number of amidine groups is 2. The lowest BCUT2D eigenvalue weighted by Crippen LogP contribution is -2.47. The van der Waals surface area contributed by atoms with Gasteiger partial charge in [0.1, 0.15) is 61.3 Å².